The summed E-state index contributed by atoms with van der Waals surface area (Å²) in [5.41, 5.74) is 0. The van der Waals surface area contributed by atoms with Crippen LogP contribution in [0.15, 0.2) is 23.1 Å². The summed E-state index contributed by atoms with van der Waals surface area (Å²) in [7, 11) is -3.72. The maximum atomic E-state index is 12.5. The molecule has 156 valence electrons. The first kappa shape index (κ1) is 20.9. The van der Waals surface area contributed by atoms with Crippen LogP contribution in [0.2, 0.25) is 0 Å². The molecule has 0 spiro atoms. The molecule has 0 unspecified atom stereocenters. The lowest BCUT2D eigenvalue weighted by atomic mass is 10.2. The molecule has 1 N–H and O–H groups in total. The third-order valence-electron chi connectivity index (χ3n) is 5.06. The molecule has 28 heavy (non-hydrogen) atoms. The Labute approximate surface area is 166 Å². The molecule has 2 heterocycles. The first-order valence-corrected chi connectivity index (χ1v) is 11.3. The summed E-state index contributed by atoms with van der Waals surface area (Å²) in [6, 6.07) is 5.03. The third-order valence-corrected chi connectivity index (χ3v) is 6.52. The number of benzene rings is 1. The molecule has 1 amide bonds. The highest BCUT2D eigenvalue weighted by molar-refractivity contribution is 7.89. The number of hydrogen-bond acceptors (Lipinski definition) is 6. The van der Waals surface area contributed by atoms with Crippen molar-refractivity contribution in [1.29, 1.82) is 0 Å². The van der Waals surface area contributed by atoms with E-state index < -0.39 is 10.0 Å². The number of hydrogen-bond donors (Lipinski definition) is 1. The second-order valence-corrected chi connectivity index (χ2v) is 9.08. The van der Waals surface area contributed by atoms with Gasteiger partial charge in [-0.05, 0) is 26.0 Å². The molecule has 0 bridgehead atoms. The molecular weight excluding hydrogens is 382 g/mol. The number of ether oxygens (including phenoxy) is 2. The van der Waals surface area contributed by atoms with Gasteiger partial charge in [0.1, 0.15) is 0 Å². The molecule has 1 fully saturated rings. The van der Waals surface area contributed by atoms with E-state index in [4.69, 9.17) is 9.47 Å². The molecule has 0 aliphatic carbocycles. The Morgan fingerprint density at radius 2 is 1.79 bits per heavy atom. The second-order valence-electron chi connectivity index (χ2n) is 7.32. The van der Waals surface area contributed by atoms with Crippen molar-refractivity contribution in [3.63, 3.8) is 0 Å². The Kier molecular flexibility index (Phi) is 6.79. The van der Waals surface area contributed by atoms with Gasteiger partial charge < -0.3 is 14.4 Å². The van der Waals surface area contributed by atoms with Crippen molar-refractivity contribution < 1.29 is 22.7 Å². The highest BCUT2D eigenvalue weighted by atomic mass is 32.2. The van der Waals surface area contributed by atoms with Crippen LogP contribution in [-0.4, -0.2) is 76.1 Å². The Morgan fingerprint density at radius 3 is 2.46 bits per heavy atom. The summed E-state index contributed by atoms with van der Waals surface area (Å²) in [4.78, 5) is 16.6. The molecule has 2 aliphatic rings. The molecule has 0 saturated carbocycles. The van der Waals surface area contributed by atoms with Gasteiger partial charge in [-0.2, -0.15) is 0 Å². The maximum absolute atomic E-state index is 12.5. The Bertz CT molecular complexity index is 789. The van der Waals surface area contributed by atoms with E-state index in [1.807, 2.05) is 0 Å². The van der Waals surface area contributed by atoms with E-state index in [1.165, 1.54) is 12.1 Å². The number of sulfonamides is 1. The molecular formula is C19H29N3O5S. The van der Waals surface area contributed by atoms with Gasteiger partial charge in [-0.15, -0.1) is 0 Å². The van der Waals surface area contributed by atoms with Gasteiger partial charge in [-0.3, -0.25) is 9.69 Å². The van der Waals surface area contributed by atoms with Gasteiger partial charge in [-0.25, -0.2) is 13.1 Å². The molecule has 0 atom stereocenters. The fourth-order valence-electron chi connectivity index (χ4n) is 3.33. The first-order valence-electron chi connectivity index (χ1n) is 9.78. The van der Waals surface area contributed by atoms with Crippen molar-refractivity contribution >= 4 is 15.9 Å². The fourth-order valence-corrected chi connectivity index (χ4v) is 4.38. The first-order chi connectivity index (χ1) is 13.4. The summed E-state index contributed by atoms with van der Waals surface area (Å²) < 4.78 is 38.7. The van der Waals surface area contributed by atoms with Crippen molar-refractivity contribution in [3.8, 4) is 11.5 Å². The minimum absolute atomic E-state index is 0.0234. The van der Waals surface area contributed by atoms with E-state index in [0.29, 0.717) is 43.8 Å². The van der Waals surface area contributed by atoms with Gasteiger partial charge >= 0.3 is 0 Å². The number of carbonyl (C=O) groups is 1. The maximum Gasteiger partial charge on any atom is 0.240 e. The van der Waals surface area contributed by atoms with Crippen LogP contribution in [0.25, 0.3) is 0 Å². The number of carbonyl (C=O) groups excluding carboxylic acids is 1. The number of nitrogens with zero attached hydrogens (tertiary/aromatic N) is 2. The van der Waals surface area contributed by atoms with Gasteiger partial charge in [0.15, 0.2) is 11.5 Å². The van der Waals surface area contributed by atoms with Crippen molar-refractivity contribution in [2.24, 2.45) is 0 Å². The van der Waals surface area contributed by atoms with Crippen LogP contribution in [0.5, 0.6) is 11.5 Å². The van der Waals surface area contributed by atoms with Gasteiger partial charge in [0, 0.05) is 57.7 Å². The molecule has 1 aromatic rings. The average molecular weight is 412 g/mol. The molecule has 1 aromatic carbocycles. The van der Waals surface area contributed by atoms with E-state index in [1.54, 1.807) is 11.0 Å². The summed E-state index contributed by atoms with van der Waals surface area (Å²) in [5.74, 6) is 0.955. The quantitative estimate of drug-likeness (QED) is 0.753. The smallest absolute Gasteiger partial charge is 0.240 e. The van der Waals surface area contributed by atoms with Crippen LogP contribution >= 0.6 is 0 Å². The topological polar surface area (TPSA) is 88.2 Å². The molecule has 3 rings (SSSR count). The highest BCUT2D eigenvalue weighted by Crippen LogP contribution is 2.31. The Hall–Kier alpha value is -1.84. The van der Waals surface area contributed by atoms with Crippen LogP contribution < -0.4 is 14.2 Å². The van der Waals surface area contributed by atoms with Gasteiger partial charge in [0.05, 0.1) is 18.1 Å². The van der Waals surface area contributed by atoms with Crippen LogP contribution in [0.3, 0.4) is 0 Å². The molecule has 8 nitrogen and oxygen atoms in total. The van der Waals surface area contributed by atoms with Gasteiger partial charge in [-0.1, -0.05) is 0 Å². The lowest BCUT2D eigenvalue weighted by Crippen LogP contribution is -2.51. The zero-order chi connectivity index (χ0) is 20.1. The Balaban J connectivity index is 1.51. The SMILES string of the molecule is CC(C)N1CCN(C(=O)CCNS(=O)(=O)c2ccc3c(c2)OCCCO3)CC1. The minimum Gasteiger partial charge on any atom is -0.490 e. The number of fused-ring (bicyclic) bond motifs is 1. The monoisotopic (exact) mass is 411 g/mol. The van der Waals surface area contributed by atoms with Gasteiger partial charge in [0.2, 0.25) is 15.9 Å². The predicted molar refractivity (Wildman–Crippen MR) is 105 cm³/mol. The summed E-state index contributed by atoms with van der Waals surface area (Å²) >= 11 is 0. The molecule has 2 aliphatic heterocycles. The number of amides is 1. The standard InChI is InChI=1S/C19H29N3O5S/c1-15(2)21-8-10-22(11-9-21)19(23)6-7-20-28(24,25)16-4-5-17-18(14-16)27-13-3-12-26-17/h4-5,14-15,20H,3,6-13H2,1-2H3. The molecule has 0 radical (unpaired) electrons. The number of piperazine rings is 1. The zero-order valence-corrected chi connectivity index (χ0v) is 17.3. The average Bonchev–Trinajstić information content (AvgIpc) is 2.92. The lowest BCUT2D eigenvalue weighted by Gasteiger charge is -2.37. The van der Waals surface area contributed by atoms with E-state index in [-0.39, 0.29) is 23.8 Å². The Morgan fingerprint density at radius 1 is 1.11 bits per heavy atom. The van der Waals surface area contributed by atoms with Crippen LogP contribution in [0.1, 0.15) is 26.7 Å². The van der Waals surface area contributed by atoms with Crippen molar-refractivity contribution in [2.75, 3.05) is 45.9 Å². The second kappa shape index (κ2) is 9.11. The predicted octanol–water partition coefficient (Wildman–Crippen LogP) is 1.07. The molecule has 9 heteroatoms. The lowest BCUT2D eigenvalue weighted by molar-refractivity contribution is -0.133. The van der Waals surface area contributed by atoms with E-state index >= 15 is 0 Å². The van der Waals surface area contributed by atoms with Crippen molar-refractivity contribution in [2.45, 2.75) is 37.6 Å². The fraction of sp³-hybridized carbons (Fsp3) is 0.632. The summed E-state index contributed by atoms with van der Waals surface area (Å²) in [6.07, 6.45) is 0.897. The van der Waals surface area contributed by atoms with E-state index in [2.05, 4.69) is 23.5 Å². The molecule has 0 aromatic heterocycles. The summed E-state index contributed by atoms with van der Waals surface area (Å²) in [5, 5.41) is 0. The van der Waals surface area contributed by atoms with E-state index in [0.717, 1.165) is 19.5 Å². The van der Waals surface area contributed by atoms with Gasteiger partial charge in [0.25, 0.3) is 0 Å². The number of rotatable bonds is 6. The third kappa shape index (κ3) is 5.15. The van der Waals surface area contributed by atoms with Crippen LogP contribution in [0, 0.1) is 0 Å². The van der Waals surface area contributed by atoms with Crippen LogP contribution in [0.4, 0.5) is 0 Å². The highest BCUT2D eigenvalue weighted by Gasteiger charge is 2.23. The van der Waals surface area contributed by atoms with Crippen molar-refractivity contribution in [3.05, 3.63) is 18.2 Å². The number of nitrogens with one attached hydrogen (secondary N) is 1. The zero-order valence-electron chi connectivity index (χ0n) is 16.5. The van der Waals surface area contributed by atoms with Crippen LogP contribution in [-0.2, 0) is 14.8 Å². The summed E-state index contributed by atoms with van der Waals surface area (Å²) in [6.45, 7) is 8.47. The van der Waals surface area contributed by atoms with E-state index in [9.17, 15) is 13.2 Å². The largest absolute Gasteiger partial charge is 0.490 e. The molecule has 1 saturated heterocycles. The normalized spacial score (nSPS) is 18.2. The van der Waals surface area contributed by atoms with Crippen molar-refractivity contribution in [1.82, 2.24) is 14.5 Å². The minimum atomic E-state index is -3.72.